The summed E-state index contributed by atoms with van der Waals surface area (Å²) >= 11 is 0. The number of carbonyl (C=O) groups is 1. The number of likely N-dealkylation sites (tertiary alicyclic amines) is 1. The monoisotopic (exact) mass is 225 g/mol. The van der Waals surface area contributed by atoms with E-state index in [1.807, 2.05) is 11.0 Å². The Morgan fingerprint density at radius 2 is 2.06 bits per heavy atom. The Labute approximate surface area is 98.3 Å². The molecular formula is C12H23N3O. The second kappa shape index (κ2) is 5.89. The summed E-state index contributed by atoms with van der Waals surface area (Å²) in [7, 11) is 3.60. The number of hydrogen-bond acceptors (Lipinski definition) is 2. The molecule has 0 spiro atoms. The minimum absolute atomic E-state index is 0.121. The maximum Gasteiger partial charge on any atom is 0.319 e. The lowest BCUT2D eigenvalue weighted by Gasteiger charge is -2.34. The third-order valence-corrected chi connectivity index (χ3v) is 3.00. The Morgan fingerprint density at radius 1 is 1.50 bits per heavy atom. The Morgan fingerprint density at radius 3 is 2.50 bits per heavy atom. The van der Waals surface area contributed by atoms with Crippen molar-refractivity contribution in [2.24, 2.45) is 0 Å². The van der Waals surface area contributed by atoms with E-state index in [1.165, 1.54) is 0 Å². The normalized spacial score (nSPS) is 19.3. The molecule has 92 valence electrons. The molecule has 1 aliphatic rings. The van der Waals surface area contributed by atoms with E-state index in [2.05, 4.69) is 18.8 Å². The van der Waals surface area contributed by atoms with E-state index in [0.29, 0.717) is 12.1 Å². The average Bonchev–Trinajstić information content (AvgIpc) is 2.28. The predicted molar refractivity (Wildman–Crippen MR) is 66.5 cm³/mol. The fourth-order valence-electron chi connectivity index (χ4n) is 1.96. The summed E-state index contributed by atoms with van der Waals surface area (Å²) in [4.78, 5) is 15.3. The van der Waals surface area contributed by atoms with Gasteiger partial charge in [0, 0.05) is 39.3 Å². The molecular weight excluding hydrogens is 202 g/mol. The number of rotatable bonds is 3. The predicted octanol–water partition coefficient (Wildman–Crippen LogP) is 1.30. The first-order valence-electron chi connectivity index (χ1n) is 5.89. The molecule has 1 heterocycles. The van der Waals surface area contributed by atoms with Crippen molar-refractivity contribution in [3.63, 3.8) is 0 Å². The highest BCUT2D eigenvalue weighted by atomic mass is 16.2. The van der Waals surface area contributed by atoms with E-state index in [4.69, 9.17) is 0 Å². The number of nitrogens with one attached hydrogen (secondary N) is 1. The van der Waals surface area contributed by atoms with E-state index in [1.54, 1.807) is 19.0 Å². The van der Waals surface area contributed by atoms with Crippen LogP contribution < -0.4 is 5.32 Å². The van der Waals surface area contributed by atoms with Gasteiger partial charge in [0.15, 0.2) is 0 Å². The first-order chi connectivity index (χ1) is 7.54. The molecule has 1 atom stereocenters. The molecule has 0 aromatic carbocycles. The van der Waals surface area contributed by atoms with Crippen LogP contribution in [0, 0.1) is 0 Å². The van der Waals surface area contributed by atoms with E-state index >= 15 is 0 Å². The lowest BCUT2D eigenvalue weighted by Crippen LogP contribution is -2.49. The number of amides is 2. The number of nitrogens with zero attached hydrogens (tertiary/aromatic N) is 2. The molecule has 0 aliphatic carbocycles. The lowest BCUT2D eigenvalue weighted by atomic mass is 10.0. The van der Waals surface area contributed by atoms with Crippen molar-refractivity contribution in [1.29, 1.82) is 0 Å². The fourth-order valence-corrected chi connectivity index (χ4v) is 1.96. The quantitative estimate of drug-likeness (QED) is 0.735. The molecule has 4 nitrogen and oxygen atoms in total. The van der Waals surface area contributed by atoms with Crippen LogP contribution in [-0.2, 0) is 0 Å². The van der Waals surface area contributed by atoms with Crippen molar-refractivity contribution in [3.8, 4) is 0 Å². The molecule has 0 aromatic heterocycles. The fraction of sp³-hybridized carbons (Fsp3) is 0.750. The average molecular weight is 225 g/mol. The maximum atomic E-state index is 11.7. The van der Waals surface area contributed by atoms with Crippen molar-refractivity contribution in [3.05, 3.63) is 12.7 Å². The van der Waals surface area contributed by atoms with Crippen LogP contribution in [0.25, 0.3) is 0 Å². The minimum Gasteiger partial charge on any atom is -0.331 e. The van der Waals surface area contributed by atoms with Gasteiger partial charge in [-0.25, -0.2) is 4.79 Å². The van der Waals surface area contributed by atoms with Crippen molar-refractivity contribution in [2.75, 3.05) is 27.2 Å². The van der Waals surface area contributed by atoms with Gasteiger partial charge in [0.1, 0.15) is 0 Å². The summed E-state index contributed by atoms with van der Waals surface area (Å²) < 4.78 is 0. The SMILES string of the molecule is C=CC(C)NC1CCN(C(=O)N(C)C)CC1. The molecule has 4 heteroatoms. The van der Waals surface area contributed by atoms with Gasteiger partial charge in [-0.05, 0) is 19.8 Å². The van der Waals surface area contributed by atoms with Gasteiger partial charge in [0.05, 0.1) is 0 Å². The molecule has 1 unspecified atom stereocenters. The molecule has 2 amide bonds. The first kappa shape index (κ1) is 13.0. The Bertz CT molecular complexity index is 245. The van der Waals surface area contributed by atoms with E-state index in [-0.39, 0.29) is 6.03 Å². The van der Waals surface area contributed by atoms with Gasteiger partial charge in [-0.15, -0.1) is 6.58 Å². The Kier molecular flexibility index (Phi) is 4.80. The topological polar surface area (TPSA) is 35.6 Å². The van der Waals surface area contributed by atoms with E-state index < -0.39 is 0 Å². The Hall–Kier alpha value is -1.03. The standard InChI is InChI=1S/C12H23N3O/c1-5-10(2)13-11-6-8-15(9-7-11)12(16)14(3)4/h5,10-11,13H,1,6-9H2,2-4H3. The van der Waals surface area contributed by atoms with Gasteiger partial charge in [-0.2, -0.15) is 0 Å². The second-order valence-electron chi connectivity index (χ2n) is 4.63. The molecule has 0 saturated carbocycles. The zero-order valence-electron chi connectivity index (χ0n) is 10.6. The van der Waals surface area contributed by atoms with Crippen LogP contribution in [0.4, 0.5) is 4.79 Å². The van der Waals surface area contributed by atoms with Crippen LogP contribution in [0.3, 0.4) is 0 Å². The molecule has 16 heavy (non-hydrogen) atoms. The van der Waals surface area contributed by atoms with Crippen molar-refractivity contribution in [2.45, 2.75) is 31.8 Å². The molecule has 0 radical (unpaired) electrons. The number of piperidine rings is 1. The summed E-state index contributed by atoms with van der Waals surface area (Å²) in [5, 5.41) is 3.49. The highest BCUT2D eigenvalue weighted by molar-refractivity contribution is 5.73. The minimum atomic E-state index is 0.121. The van der Waals surface area contributed by atoms with Crippen LogP contribution in [0.5, 0.6) is 0 Å². The number of urea groups is 1. The third kappa shape index (κ3) is 3.52. The van der Waals surface area contributed by atoms with Gasteiger partial charge >= 0.3 is 6.03 Å². The summed E-state index contributed by atoms with van der Waals surface area (Å²) in [5.41, 5.74) is 0. The van der Waals surface area contributed by atoms with Gasteiger partial charge < -0.3 is 15.1 Å². The summed E-state index contributed by atoms with van der Waals surface area (Å²) in [6, 6.07) is 0.982. The van der Waals surface area contributed by atoms with Crippen LogP contribution in [0.2, 0.25) is 0 Å². The zero-order valence-corrected chi connectivity index (χ0v) is 10.6. The number of carbonyl (C=O) groups excluding carboxylic acids is 1. The first-order valence-corrected chi connectivity index (χ1v) is 5.89. The maximum absolute atomic E-state index is 11.7. The summed E-state index contributed by atoms with van der Waals surface area (Å²) in [5.74, 6) is 0. The molecule has 1 fully saturated rings. The van der Waals surface area contributed by atoms with E-state index in [9.17, 15) is 4.79 Å². The number of hydrogen-bond donors (Lipinski definition) is 1. The van der Waals surface area contributed by atoms with Crippen molar-refractivity contribution in [1.82, 2.24) is 15.1 Å². The van der Waals surface area contributed by atoms with Crippen LogP contribution in [-0.4, -0.2) is 55.1 Å². The molecule has 0 bridgehead atoms. The van der Waals surface area contributed by atoms with Crippen LogP contribution in [0.15, 0.2) is 12.7 Å². The molecule has 1 saturated heterocycles. The van der Waals surface area contributed by atoms with Crippen molar-refractivity contribution < 1.29 is 4.79 Å². The molecule has 1 N–H and O–H groups in total. The van der Waals surface area contributed by atoms with Crippen LogP contribution in [0.1, 0.15) is 19.8 Å². The summed E-state index contributed by atoms with van der Waals surface area (Å²) in [6.07, 6.45) is 3.97. The molecule has 1 aliphatic heterocycles. The second-order valence-corrected chi connectivity index (χ2v) is 4.63. The molecule has 0 aromatic rings. The van der Waals surface area contributed by atoms with Gasteiger partial charge in [0.2, 0.25) is 0 Å². The Balaban J connectivity index is 2.34. The zero-order chi connectivity index (χ0) is 12.1. The van der Waals surface area contributed by atoms with Gasteiger partial charge in [-0.3, -0.25) is 0 Å². The largest absolute Gasteiger partial charge is 0.331 e. The summed E-state index contributed by atoms with van der Waals surface area (Å²) in [6.45, 7) is 7.55. The van der Waals surface area contributed by atoms with Gasteiger partial charge in [0.25, 0.3) is 0 Å². The highest BCUT2D eigenvalue weighted by Gasteiger charge is 2.23. The lowest BCUT2D eigenvalue weighted by molar-refractivity contribution is 0.152. The molecule has 1 rings (SSSR count). The third-order valence-electron chi connectivity index (χ3n) is 3.00. The van der Waals surface area contributed by atoms with E-state index in [0.717, 1.165) is 25.9 Å². The smallest absolute Gasteiger partial charge is 0.319 e. The van der Waals surface area contributed by atoms with Crippen molar-refractivity contribution >= 4 is 6.03 Å². The van der Waals surface area contributed by atoms with Gasteiger partial charge in [-0.1, -0.05) is 6.08 Å². The highest BCUT2D eigenvalue weighted by Crippen LogP contribution is 2.12. The van der Waals surface area contributed by atoms with Crippen LogP contribution >= 0.6 is 0 Å².